The molecule has 3 aromatic rings. The third-order valence-corrected chi connectivity index (χ3v) is 5.49. The van der Waals surface area contributed by atoms with E-state index < -0.39 is 0 Å². The highest BCUT2D eigenvalue weighted by Crippen LogP contribution is 2.40. The first-order valence-corrected chi connectivity index (χ1v) is 10.6. The van der Waals surface area contributed by atoms with E-state index in [1.54, 1.807) is 0 Å². The number of carbonyl (C=O) groups is 1. The van der Waals surface area contributed by atoms with Crippen LogP contribution in [0, 0.1) is 5.92 Å². The van der Waals surface area contributed by atoms with Crippen molar-refractivity contribution in [3.05, 3.63) is 77.5 Å². The lowest BCUT2D eigenvalue weighted by molar-refractivity contribution is -0.117. The number of nitrogens with one attached hydrogen (secondary N) is 1. The van der Waals surface area contributed by atoms with Crippen molar-refractivity contribution in [3.8, 4) is 5.69 Å². The van der Waals surface area contributed by atoms with Gasteiger partial charge in [-0.2, -0.15) is 5.10 Å². The number of benzene rings is 2. The highest BCUT2D eigenvalue weighted by Gasteiger charge is 2.28. The maximum Gasteiger partial charge on any atom is 0.232 e. The van der Waals surface area contributed by atoms with E-state index in [1.165, 1.54) is 18.4 Å². The average molecular weight is 388 g/mol. The van der Waals surface area contributed by atoms with Gasteiger partial charge in [-0.1, -0.05) is 56.3 Å². The minimum absolute atomic E-state index is 0.0129. The number of para-hydroxylation sites is 1. The van der Waals surface area contributed by atoms with E-state index in [2.05, 4.69) is 43.4 Å². The summed E-state index contributed by atoms with van der Waals surface area (Å²) in [5.41, 5.74) is 4.37. The fourth-order valence-electron chi connectivity index (χ4n) is 3.63. The lowest BCUT2D eigenvalue weighted by atomic mass is 9.96. The molecule has 4 heteroatoms. The van der Waals surface area contributed by atoms with Crippen LogP contribution in [-0.4, -0.2) is 15.7 Å². The lowest BCUT2D eigenvalue weighted by Gasteiger charge is -2.14. The first-order chi connectivity index (χ1) is 14.0. The van der Waals surface area contributed by atoms with Crippen LogP contribution in [0.4, 0.5) is 5.82 Å². The van der Waals surface area contributed by atoms with Gasteiger partial charge in [0.05, 0.1) is 17.3 Å². The quantitative estimate of drug-likeness (QED) is 0.566. The van der Waals surface area contributed by atoms with Crippen LogP contribution in [0.15, 0.2) is 60.7 Å². The minimum Gasteiger partial charge on any atom is -0.310 e. The number of carbonyl (C=O) groups excluding carboxylic acids is 1. The summed E-state index contributed by atoms with van der Waals surface area (Å²) in [6.07, 6.45) is 3.41. The van der Waals surface area contributed by atoms with Crippen molar-refractivity contribution in [2.45, 2.75) is 51.9 Å². The Kier molecular flexibility index (Phi) is 5.52. The number of anilines is 1. The number of hydrogen-bond acceptors (Lipinski definition) is 2. The number of nitrogens with zero attached hydrogens (tertiary/aromatic N) is 2. The molecule has 1 aliphatic rings. The molecule has 1 heterocycles. The normalized spacial score (nSPS) is 14.8. The predicted octanol–water partition coefficient (Wildman–Crippen LogP) is 5.69. The Morgan fingerprint density at radius 2 is 1.76 bits per heavy atom. The molecule has 2 aromatic carbocycles. The first-order valence-electron chi connectivity index (χ1n) is 10.6. The van der Waals surface area contributed by atoms with Gasteiger partial charge in [-0.25, -0.2) is 4.68 Å². The summed E-state index contributed by atoms with van der Waals surface area (Å²) >= 11 is 0. The Hall–Kier alpha value is -2.88. The van der Waals surface area contributed by atoms with Crippen molar-refractivity contribution in [3.63, 3.8) is 0 Å². The van der Waals surface area contributed by atoms with Crippen LogP contribution in [0.2, 0.25) is 0 Å². The molecule has 1 saturated carbocycles. The highest BCUT2D eigenvalue weighted by molar-refractivity contribution is 5.95. The van der Waals surface area contributed by atoms with Crippen molar-refractivity contribution in [2.24, 2.45) is 5.92 Å². The summed E-state index contributed by atoms with van der Waals surface area (Å²) in [7, 11) is 0. The van der Waals surface area contributed by atoms with E-state index in [0.717, 1.165) is 29.2 Å². The van der Waals surface area contributed by atoms with E-state index in [0.29, 0.717) is 11.8 Å². The van der Waals surface area contributed by atoms with E-state index in [4.69, 9.17) is 5.10 Å². The van der Waals surface area contributed by atoms with Crippen LogP contribution in [0.5, 0.6) is 0 Å². The fraction of sp³-hybridized carbons (Fsp3) is 0.360. The first kappa shape index (κ1) is 19.4. The van der Waals surface area contributed by atoms with Crippen LogP contribution in [0.25, 0.3) is 5.69 Å². The van der Waals surface area contributed by atoms with Crippen molar-refractivity contribution in [1.29, 1.82) is 0 Å². The molecule has 0 aliphatic heterocycles. The fourth-order valence-corrected chi connectivity index (χ4v) is 3.63. The maximum absolute atomic E-state index is 13.0. The Labute approximate surface area is 173 Å². The molecule has 1 fully saturated rings. The molecule has 150 valence electrons. The van der Waals surface area contributed by atoms with E-state index >= 15 is 0 Å². The van der Waals surface area contributed by atoms with Crippen LogP contribution in [-0.2, 0) is 11.2 Å². The van der Waals surface area contributed by atoms with E-state index in [9.17, 15) is 4.79 Å². The van der Waals surface area contributed by atoms with Crippen molar-refractivity contribution in [2.75, 3.05) is 5.32 Å². The molecule has 0 spiro atoms. The monoisotopic (exact) mass is 387 g/mol. The Morgan fingerprint density at radius 1 is 1.07 bits per heavy atom. The Bertz CT molecular complexity index is 969. The van der Waals surface area contributed by atoms with Gasteiger partial charge in [-0.15, -0.1) is 0 Å². The Balaban J connectivity index is 1.53. The highest BCUT2D eigenvalue weighted by atomic mass is 16.2. The van der Waals surface area contributed by atoms with Gasteiger partial charge in [-0.05, 0) is 55.4 Å². The van der Waals surface area contributed by atoms with Gasteiger partial charge in [0.2, 0.25) is 5.91 Å². The zero-order valence-electron chi connectivity index (χ0n) is 17.4. The summed E-state index contributed by atoms with van der Waals surface area (Å²) < 4.78 is 1.85. The average Bonchev–Trinajstić information content (AvgIpc) is 3.49. The topological polar surface area (TPSA) is 46.9 Å². The Morgan fingerprint density at radius 3 is 2.38 bits per heavy atom. The van der Waals surface area contributed by atoms with Gasteiger partial charge in [-0.3, -0.25) is 4.79 Å². The van der Waals surface area contributed by atoms with Crippen LogP contribution in [0.3, 0.4) is 0 Å². The van der Waals surface area contributed by atoms with Crippen molar-refractivity contribution >= 4 is 11.7 Å². The second kappa shape index (κ2) is 8.24. The third kappa shape index (κ3) is 4.58. The standard InChI is InChI=1S/C25H29N3O/c1-17(2)15-19-9-11-20(12-10-19)18(3)25(29)26-24-16-23(21-13-14-21)27-28(24)22-7-5-4-6-8-22/h4-12,16-18,21H,13-15H2,1-3H3,(H,26,29). The molecule has 0 bridgehead atoms. The van der Waals surface area contributed by atoms with Crippen molar-refractivity contribution in [1.82, 2.24) is 9.78 Å². The van der Waals surface area contributed by atoms with Gasteiger partial charge >= 0.3 is 0 Å². The maximum atomic E-state index is 13.0. The molecule has 1 unspecified atom stereocenters. The third-order valence-electron chi connectivity index (χ3n) is 5.49. The SMILES string of the molecule is CC(C)Cc1ccc(C(C)C(=O)Nc2cc(C3CC3)nn2-c2ccccc2)cc1. The second-order valence-corrected chi connectivity index (χ2v) is 8.53. The van der Waals surface area contributed by atoms with Crippen LogP contribution in [0.1, 0.15) is 62.3 Å². The molecule has 4 nitrogen and oxygen atoms in total. The number of aromatic nitrogens is 2. The summed E-state index contributed by atoms with van der Waals surface area (Å²) in [6.45, 7) is 6.39. The number of hydrogen-bond donors (Lipinski definition) is 1. The molecule has 1 aromatic heterocycles. The zero-order chi connectivity index (χ0) is 20.4. The summed E-state index contributed by atoms with van der Waals surface area (Å²) in [6, 6.07) is 20.4. The summed E-state index contributed by atoms with van der Waals surface area (Å²) in [4.78, 5) is 13.0. The number of amides is 1. The molecule has 1 atom stereocenters. The molecule has 1 aliphatic carbocycles. The molecule has 29 heavy (non-hydrogen) atoms. The van der Waals surface area contributed by atoms with E-state index in [-0.39, 0.29) is 11.8 Å². The van der Waals surface area contributed by atoms with E-state index in [1.807, 2.05) is 48.0 Å². The number of rotatable bonds is 7. The zero-order valence-corrected chi connectivity index (χ0v) is 17.4. The van der Waals surface area contributed by atoms with Gasteiger partial charge in [0, 0.05) is 12.0 Å². The molecular formula is C25H29N3O. The predicted molar refractivity (Wildman–Crippen MR) is 118 cm³/mol. The molecule has 0 saturated heterocycles. The van der Waals surface area contributed by atoms with Gasteiger partial charge in [0.25, 0.3) is 0 Å². The molecular weight excluding hydrogens is 358 g/mol. The van der Waals surface area contributed by atoms with Crippen LogP contribution < -0.4 is 5.32 Å². The lowest BCUT2D eigenvalue weighted by Crippen LogP contribution is -2.20. The second-order valence-electron chi connectivity index (χ2n) is 8.53. The smallest absolute Gasteiger partial charge is 0.232 e. The summed E-state index contributed by atoms with van der Waals surface area (Å²) in [5.74, 6) is 1.65. The van der Waals surface area contributed by atoms with Gasteiger partial charge in [0.15, 0.2) is 0 Å². The molecule has 0 radical (unpaired) electrons. The van der Waals surface area contributed by atoms with Gasteiger partial charge in [0.1, 0.15) is 5.82 Å². The van der Waals surface area contributed by atoms with Crippen LogP contribution >= 0.6 is 0 Å². The molecule has 1 N–H and O–H groups in total. The largest absolute Gasteiger partial charge is 0.310 e. The molecule has 1 amide bonds. The summed E-state index contributed by atoms with van der Waals surface area (Å²) in [5, 5.41) is 7.89. The van der Waals surface area contributed by atoms with Gasteiger partial charge < -0.3 is 5.32 Å². The molecule has 4 rings (SSSR count). The van der Waals surface area contributed by atoms with Crippen molar-refractivity contribution < 1.29 is 4.79 Å². The minimum atomic E-state index is -0.230.